The highest BCUT2D eigenvalue weighted by atomic mass is 15.1. The molecule has 1 N–H and O–H groups in total. The van der Waals surface area contributed by atoms with Crippen molar-refractivity contribution in [2.75, 3.05) is 10.2 Å². The summed E-state index contributed by atoms with van der Waals surface area (Å²) in [5.74, 6) is 0. The lowest BCUT2D eigenvalue weighted by molar-refractivity contribution is 1.30. The number of anilines is 5. The number of para-hydroxylation sites is 4. The maximum Gasteiger partial charge on any atom is 0.0653 e. The summed E-state index contributed by atoms with van der Waals surface area (Å²) in [6.07, 6.45) is 0. The quantitative estimate of drug-likeness (QED) is 0.173. The predicted octanol–water partition coefficient (Wildman–Crippen LogP) is 16.5. The third-order valence-corrected chi connectivity index (χ3v) is 12.4. The van der Waals surface area contributed by atoms with Crippen LogP contribution in [0.25, 0.3) is 98.4 Å². The van der Waals surface area contributed by atoms with Gasteiger partial charge in [0.1, 0.15) is 0 Å². The fourth-order valence-corrected chi connectivity index (χ4v) is 9.70. The van der Waals surface area contributed by atoms with Gasteiger partial charge in [0.2, 0.25) is 0 Å². The molecule has 14 rings (SSSR count). The van der Waals surface area contributed by atoms with Crippen molar-refractivity contribution in [3.63, 3.8) is 0 Å². The maximum atomic E-state index is 10.5. The van der Waals surface area contributed by atoms with Gasteiger partial charge in [-0.3, -0.25) is 0 Å². The zero-order valence-corrected chi connectivity index (χ0v) is 33.6. The van der Waals surface area contributed by atoms with Gasteiger partial charge in [-0.15, -0.1) is 0 Å². The summed E-state index contributed by atoms with van der Waals surface area (Å²) in [6.45, 7) is 0. The smallest absolute Gasteiger partial charge is 0.0653 e. The third-order valence-electron chi connectivity index (χ3n) is 12.4. The summed E-state index contributed by atoms with van der Waals surface area (Å²) < 4.78 is 138. The van der Waals surface area contributed by atoms with Crippen LogP contribution >= 0.6 is 0 Å². The molecule has 0 aliphatic carbocycles. The Morgan fingerprint density at radius 2 is 0.953 bits per heavy atom. The lowest BCUT2D eigenvalue weighted by Crippen LogP contribution is -2.12. The molecule has 0 spiro atoms. The molecule has 298 valence electrons. The second kappa shape index (κ2) is 13.4. The average Bonchev–Trinajstić information content (AvgIpc) is 2.83. The number of benzene rings is 10. The number of aromatic nitrogens is 2. The molecule has 0 fully saturated rings. The number of rotatable bonds is 7. The van der Waals surface area contributed by atoms with Crippen molar-refractivity contribution in [2.45, 2.75) is 0 Å². The van der Waals surface area contributed by atoms with E-state index in [1.54, 1.807) is 24.3 Å². The van der Waals surface area contributed by atoms with Crippen LogP contribution in [0.4, 0.5) is 28.4 Å². The Kier molecular flexibility index (Phi) is 5.07. The molecule has 0 aliphatic heterocycles. The van der Waals surface area contributed by atoms with Crippen molar-refractivity contribution in [1.82, 2.24) is 8.80 Å². The molecule has 4 heteroatoms. The van der Waals surface area contributed by atoms with Crippen LogP contribution in [0.1, 0.15) is 19.2 Å². The van der Waals surface area contributed by atoms with Gasteiger partial charge in [0, 0.05) is 65.7 Å². The molecule has 4 heterocycles. The largest absolute Gasteiger partial charge is 0.355 e. The van der Waals surface area contributed by atoms with E-state index in [0.717, 1.165) is 22.3 Å². The van der Waals surface area contributed by atoms with Gasteiger partial charge < -0.3 is 19.0 Å². The van der Waals surface area contributed by atoms with E-state index >= 15 is 0 Å². The summed E-state index contributed by atoms with van der Waals surface area (Å²) in [5.41, 5.74) is 5.24. The standard InChI is InChI=1S/C60H38N4/c1-5-17-38(18-6-1)40-29-30-43(39-19-7-2-8-20-39)54(35-40)62(42-23-11-4-12-24-42)53-34-32-45-49-37-55-48(36-56(49)64-52-28-16-14-26-47(52)58(53)60(45)64)44-31-33-50(61-41-21-9-3-10-22-41)57-46-25-13-15-27-51(46)63(55)59(44)57/h1-37,61H/i13D,14D,15D,16D,25D,26D,27D,28D,31D,32D,33D,34D,36D,37D. The molecule has 0 bridgehead atoms. The first kappa shape index (κ1) is 24.1. The average molecular weight is 829 g/mol. The molecule has 0 atom stereocenters. The lowest BCUT2D eigenvalue weighted by atomic mass is 9.96. The minimum absolute atomic E-state index is 0.00159. The fraction of sp³-hybridized carbons (Fsp3) is 0. The van der Waals surface area contributed by atoms with E-state index in [9.17, 15) is 13.7 Å². The normalized spacial score (nSPS) is 15.1. The Morgan fingerprint density at radius 3 is 1.61 bits per heavy atom. The van der Waals surface area contributed by atoms with Crippen molar-refractivity contribution in [1.29, 1.82) is 0 Å². The summed E-state index contributed by atoms with van der Waals surface area (Å²) in [5, 5.41) is 3.59. The van der Waals surface area contributed by atoms with Gasteiger partial charge in [0.25, 0.3) is 0 Å². The van der Waals surface area contributed by atoms with Gasteiger partial charge in [0.05, 0.1) is 63.7 Å². The van der Waals surface area contributed by atoms with Crippen LogP contribution in [0.3, 0.4) is 0 Å². The summed E-state index contributed by atoms with van der Waals surface area (Å²) >= 11 is 0. The highest BCUT2D eigenvalue weighted by molar-refractivity contribution is 6.32. The van der Waals surface area contributed by atoms with Gasteiger partial charge in [-0.2, -0.15) is 0 Å². The van der Waals surface area contributed by atoms with E-state index in [-0.39, 0.29) is 124 Å². The first-order valence-corrected chi connectivity index (χ1v) is 20.9. The maximum absolute atomic E-state index is 10.5. The molecule has 0 radical (unpaired) electrons. The number of nitrogens with one attached hydrogen (secondary N) is 1. The zero-order chi connectivity index (χ0) is 54.1. The summed E-state index contributed by atoms with van der Waals surface area (Å²) in [7, 11) is 0. The molecule has 0 saturated heterocycles. The van der Waals surface area contributed by atoms with Gasteiger partial charge in [-0.1, -0.05) is 158 Å². The molecular formula is C60H38N4. The minimum atomic E-state index is -0.576. The SMILES string of the molecule is [2H]c1c([2H])c([2H])c2c(c1[2H])c1c(Nc3ccccc3)c([2H])c([2H])c3c4c([2H])c5c(c([2H])c4n2c31)c1c([2H])c([2H])c(N(c2ccccc2)c2cc(-c3ccccc3)ccc2-c2ccccc2)c2c3c([2H])c([2H])c([2H])c([2H])c3n5c12. The number of fused-ring (bicyclic) bond motifs is 12. The van der Waals surface area contributed by atoms with Crippen molar-refractivity contribution >= 4 is 105 Å². The molecule has 4 aromatic heterocycles. The Balaban J connectivity index is 1.22. The first-order chi connectivity index (χ1) is 37.6. The molecule has 0 unspecified atom stereocenters. The molecule has 14 aromatic rings. The highest BCUT2D eigenvalue weighted by Gasteiger charge is 2.27. The third kappa shape index (κ3) is 4.93. The van der Waals surface area contributed by atoms with E-state index in [0.29, 0.717) is 17.1 Å². The van der Waals surface area contributed by atoms with Crippen LogP contribution < -0.4 is 10.2 Å². The molecule has 64 heavy (non-hydrogen) atoms. The summed E-state index contributed by atoms with van der Waals surface area (Å²) in [4.78, 5) is 1.85. The molecular weight excluding hydrogens is 777 g/mol. The van der Waals surface area contributed by atoms with E-state index in [1.807, 2.05) is 120 Å². The minimum Gasteiger partial charge on any atom is -0.355 e. The van der Waals surface area contributed by atoms with Crippen LogP contribution in [0.15, 0.2) is 224 Å². The Bertz CT molecular complexity index is 4910. The lowest BCUT2D eigenvalue weighted by Gasteiger charge is -2.29. The van der Waals surface area contributed by atoms with Crippen LogP contribution in [0.2, 0.25) is 0 Å². The first-order valence-electron chi connectivity index (χ1n) is 27.9. The molecule has 4 nitrogen and oxygen atoms in total. The number of hydrogen-bond donors (Lipinski definition) is 1. The zero-order valence-electron chi connectivity index (χ0n) is 47.6. The number of hydrogen-bond acceptors (Lipinski definition) is 2. The van der Waals surface area contributed by atoms with E-state index in [2.05, 4.69) is 5.32 Å². The Morgan fingerprint density at radius 1 is 0.406 bits per heavy atom. The second-order valence-electron chi connectivity index (χ2n) is 15.9. The van der Waals surface area contributed by atoms with Crippen molar-refractivity contribution in [3.05, 3.63) is 224 Å². The molecule has 10 aromatic carbocycles. The van der Waals surface area contributed by atoms with Crippen LogP contribution in [0, 0.1) is 0 Å². The molecule has 0 amide bonds. The van der Waals surface area contributed by atoms with Crippen LogP contribution in [-0.4, -0.2) is 8.80 Å². The molecule has 0 aliphatic rings. The highest BCUT2D eigenvalue weighted by Crippen LogP contribution is 2.51. The van der Waals surface area contributed by atoms with Gasteiger partial charge in [-0.05, 0) is 83.3 Å². The fourth-order valence-electron chi connectivity index (χ4n) is 9.70. The van der Waals surface area contributed by atoms with Gasteiger partial charge in [0.15, 0.2) is 0 Å². The van der Waals surface area contributed by atoms with Crippen LogP contribution in [0.5, 0.6) is 0 Å². The van der Waals surface area contributed by atoms with E-state index in [4.69, 9.17) is 5.48 Å². The molecule has 0 saturated carbocycles. The van der Waals surface area contributed by atoms with Crippen LogP contribution in [-0.2, 0) is 0 Å². The van der Waals surface area contributed by atoms with E-state index < -0.39 is 48.3 Å². The monoisotopic (exact) mass is 828 g/mol. The topological polar surface area (TPSA) is 24.1 Å². The van der Waals surface area contributed by atoms with Gasteiger partial charge in [-0.25, -0.2) is 0 Å². The number of nitrogens with zero attached hydrogens (tertiary/aromatic N) is 3. The second-order valence-corrected chi connectivity index (χ2v) is 15.9. The van der Waals surface area contributed by atoms with Crippen molar-refractivity contribution < 1.29 is 19.2 Å². The predicted molar refractivity (Wildman–Crippen MR) is 271 cm³/mol. The Hall–Kier alpha value is -8.60. The van der Waals surface area contributed by atoms with Crippen molar-refractivity contribution in [3.8, 4) is 22.3 Å². The van der Waals surface area contributed by atoms with Crippen molar-refractivity contribution in [2.24, 2.45) is 0 Å². The Labute approximate surface area is 388 Å². The summed E-state index contributed by atoms with van der Waals surface area (Å²) in [6, 6.07) is 37.5. The van der Waals surface area contributed by atoms with E-state index in [1.165, 1.54) is 8.80 Å². The van der Waals surface area contributed by atoms with Gasteiger partial charge >= 0.3 is 0 Å².